The number of carbonyl (C=O) groups excluding carboxylic acids is 2. The lowest BCUT2D eigenvalue weighted by Gasteiger charge is -2.30. The summed E-state index contributed by atoms with van der Waals surface area (Å²) in [5.74, 6) is -0.227. The topological polar surface area (TPSA) is 56.4 Å². The van der Waals surface area contributed by atoms with Gasteiger partial charge >= 0.3 is 0 Å². The summed E-state index contributed by atoms with van der Waals surface area (Å²) in [5.41, 5.74) is 4.30. The SMILES string of the molecule is O=C1CC(N2CCc3c([nH]c4ccccc34)C2)C(=O)N1c1ccccc1. The van der Waals surface area contributed by atoms with Gasteiger partial charge in [-0.2, -0.15) is 0 Å². The van der Waals surface area contributed by atoms with Gasteiger partial charge in [0.25, 0.3) is 5.91 Å². The van der Waals surface area contributed by atoms with E-state index < -0.39 is 0 Å². The average Bonchev–Trinajstić information content (AvgIpc) is 3.18. The molecule has 0 aliphatic carbocycles. The smallest absolute Gasteiger partial charge is 0.251 e. The zero-order chi connectivity index (χ0) is 17.7. The summed E-state index contributed by atoms with van der Waals surface area (Å²) in [6.45, 7) is 1.47. The molecule has 3 aromatic rings. The van der Waals surface area contributed by atoms with Crippen LogP contribution in [0.5, 0.6) is 0 Å². The highest BCUT2D eigenvalue weighted by molar-refractivity contribution is 6.22. The van der Waals surface area contributed by atoms with E-state index in [0.29, 0.717) is 12.2 Å². The second-order valence-corrected chi connectivity index (χ2v) is 6.97. The molecule has 3 heterocycles. The van der Waals surface area contributed by atoms with E-state index in [4.69, 9.17) is 0 Å². The Morgan fingerprint density at radius 1 is 0.962 bits per heavy atom. The summed E-state index contributed by atoms with van der Waals surface area (Å²) < 4.78 is 0. The molecule has 130 valence electrons. The van der Waals surface area contributed by atoms with Crippen molar-refractivity contribution in [2.45, 2.75) is 25.4 Å². The van der Waals surface area contributed by atoms with Crippen LogP contribution in [0.4, 0.5) is 5.69 Å². The van der Waals surface area contributed by atoms with E-state index in [1.807, 2.05) is 36.4 Å². The van der Waals surface area contributed by atoms with Crippen LogP contribution in [-0.2, 0) is 22.6 Å². The van der Waals surface area contributed by atoms with Crippen molar-refractivity contribution < 1.29 is 9.59 Å². The Morgan fingerprint density at radius 2 is 1.73 bits per heavy atom. The number of benzene rings is 2. The van der Waals surface area contributed by atoms with Gasteiger partial charge in [-0.25, -0.2) is 4.90 Å². The fourth-order valence-corrected chi connectivity index (χ4v) is 4.23. The number of fused-ring (bicyclic) bond motifs is 3. The van der Waals surface area contributed by atoms with E-state index in [9.17, 15) is 9.59 Å². The number of hydrogen-bond donors (Lipinski definition) is 1. The number of hydrogen-bond acceptors (Lipinski definition) is 3. The van der Waals surface area contributed by atoms with Crippen molar-refractivity contribution in [1.29, 1.82) is 0 Å². The first-order valence-electron chi connectivity index (χ1n) is 8.97. The van der Waals surface area contributed by atoms with Gasteiger partial charge in [0, 0.05) is 29.7 Å². The number of amides is 2. The Kier molecular flexibility index (Phi) is 3.43. The third-order valence-electron chi connectivity index (χ3n) is 5.49. The van der Waals surface area contributed by atoms with Gasteiger partial charge in [0.05, 0.1) is 18.2 Å². The molecular formula is C21H19N3O2. The van der Waals surface area contributed by atoms with Crippen LogP contribution in [0.25, 0.3) is 10.9 Å². The van der Waals surface area contributed by atoms with Crippen LogP contribution in [0.2, 0.25) is 0 Å². The first-order valence-corrected chi connectivity index (χ1v) is 8.97. The Hall–Kier alpha value is -2.92. The third kappa shape index (κ3) is 2.28. The number of carbonyl (C=O) groups is 2. The number of imide groups is 1. The second-order valence-electron chi connectivity index (χ2n) is 6.97. The number of nitrogens with zero attached hydrogens (tertiary/aromatic N) is 2. The number of aromatic nitrogens is 1. The first-order chi connectivity index (χ1) is 12.7. The molecule has 1 atom stereocenters. The lowest BCUT2D eigenvalue weighted by molar-refractivity contribution is -0.123. The van der Waals surface area contributed by atoms with Gasteiger partial charge in [-0.3, -0.25) is 14.5 Å². The van der Waals surface area contributed by atoms with E-state index in [-0.39, 0.29) is 24.3 Å². The highest BCUT2D eigenvalue weighted by atomic mass is 16.2. The molecule has 1 unspecified atom stereocenters. The number of anilines is 1. The van der Waals surface area contributed by atoms with Crippen LogP contribution < -0.4 is 4.90 Å². The number of para-hydroxylation sites is 2. The van der Waals surface area contributed by atoms with Crippen molar-refractivity contribution in [3.8, 4) is 0 Å². The Balaban J connectivity index is 1.43. The van der Waals surface area contributed by atoms with Crippen molar-refractivity contribution in [2.24, 2.45) is 0 Å². The van der Waals surface area contributed by atoms with Crippen molar-refractivity contribution in [3.63, 3.8) is 0 Å². The molecular weight excluding hydrogens is 326 g/mol. The van der Waals surface area contributed by atoms with E-state index in [0.717, 1.165) is 24.2 Å². The summed E-state index contributed by atoms with van der Waals surface area (Å²) in [5, 5.41) is 1.27. The summed E-state index contributed by atoms with van der Waals surface area (Å²) in [7, 11) is 0. The van der Waals surface area contributed by atoms with E-state index >= 15 is 0 Å². The zero-order valence-corrected chi connectivity index (χ0v) is 14.3. The minimum Gasteiger partial charge on any atom is -0.357 e. The maximum atomic E-state index is 13.0. The summed E-state index contributed by atoms with van der Waals surface area (Å²) in [6.07, 6.45) is 1.14. The minimum absolute atomic E-state index is 0.110. The maximum Gasteiger partial charge on any atom is 0.251 e. The van der Waals surface area contributed by atoms with Gasteiger partial charge in [0.1, 0.15) is 0 Å². The first kappa shape index (κ1) is 15.3. The molecule has 2 aromatic carbocycles. The lowest BCUT2D eigenvalue weighted by atomic mass is 10.0. The third-order valence-corrected chi connectivity index (χ3v) is 5.49. The lowest BCUT2D eigenvalue weighted by Crippen LogP contribution is -2.44. The van der Waals surface area contributed by atoms with Crippen molar-refractivity contribution in [3.05, 3.63) is 65.9 Å². The summed E-state index contributed by atoms with van der Waals surface area (Å²) in [6, 6.07) is 17.1. The standard InChI is InChI=1S/C21H19N3O2/c25-20-12-19(21(26)24(20)14-6-2-1-3-7-14)23-11-10-16-15-8-4-5-9-17(15)22-18(16)13-23/h1-9,19,22H,10-13H2. The van der Waals surface area contributed by atoms with Crippen molar-refractivity contribution in [1.82, 2.24) is 9.88 Å². The van der Waals surface area contributed by atoms with Crippen LogP contribution >= 0.6 is 0 Å². The van der Waals surface area contributed by atoms with Crippen molar-refractivity contribution >= 4 is 28.4 Å². The van der Waals surface area contributed by atoms with Crippen molar-refractivity contribution in [2.75, 3.05) is 11.4 Å². The van der Waals surface area contributed by atoms with Crippen LogP contribution in [0.3, 0.4) is 0 Å². The van der Waals surface area contributed by atoms with E-state index in [2.05, 4.69) is 28.1 Å². The Morgan fingerprint density at radius 3 is 2.58 bits per heavy atom. The Bertz CT molecular complexity index is 1010. The largest absolute Gasteiger partial charge is 0.357 e. The van der Waals surface area contributed by atoms with E-state index in [1.165, 1.54) is 15.8 Å². The van der Waals surface area contributed by atoms with Crippen LogP contribution in [-0.4, -0.2) is 34.3 Å². The number of H-pyrrole nitrogens is 1. The monoisotopic (exact) mass is 345 g/mol. The average molecular weight is 345 g/mol. The van der Waals surface area contributed by atoms with Gasteiger partial charge < -0.3 is 4.98 Å². The van der Waals surface area contributed by atoms with Crippen LogP contribution in [0.15, 0.2) is 54.6 Å². The predicted molar refractivity (Wildman–Crippen MR) is 99.8 cm³/mol. The molecule has 5 nitrogen and oxygen atoms in total. The molecule has 1 saturated heterocycles. The van der Waals surface area contributed by atoms with Gasteiger partial charge in [-0.15, -0.1) is 0 Å². The Labute approximate surface area is 151 Å². The minimum atomic E-state index is -0.373. The molecule has 0 saturated carbocycles. The van der Waals surface area contributed by atoms with Gasteiger partial charge in [0.15, 0.2) is 0 Å². The van der Waals surface area contributed by atoms with E-state index in [1.54, 1.807) is 0 Å². The van der Waals surface area contributed by atoms with Crippen LogP contribution in [0.1, 0.15) is 17.7 Å². The number of rotatable bonds is 2. The molecule has 2 aliphatic heterocycles. The molecule has 5 rings (SSSR count). The zero-order valence-electron chi connectivity index (χ0n) is 14.3. The van der Waals surface area contributed by atoms with Gasteiger partial charge in [0.2, 0.25) is 5.91 Å². The molecule has 26 heavy (non-hydrogen) atoms. The molecule has 1 aromatic heterocycles. The highest BCUT2D eigenvalue weighted by Gasteiger charge is 2.43. The molecule has 0 bridgehead atoms. The molecule has 2 amide bonds. The van der Waals surface area contributed by atoms with Crippen LogP contribution in [0, 0.1) is 0 Å². The predicted octanol–water partition coefficient (Wildman–Crippen LogP) is 2.86. The molecule has 0 radical (unpaired) electrons. The number of nitrogens with one attached hydrogen (secondary N) is 1. The molecule has 2 aliphatic rings. The van der Waals surface area contributed by atoms with Gasteiger partial charge in [-0.1, -0.05) is 36.4 Å². The molecule has 5 heteroatoms. The molecule has 0 spiro atoms. The fourth-order valence-electron chi connectivity index (χ4n) is 4.23. The number of aromatic amines is 1. The van der Waals surface area contributed by atoms with Gasteiger partial charge in [-0.05, 0) is 30.2 Å². The highest BCUT2D eigenvalue weighted by Crippen LogP contribution is 2.31. The quantitative estimate of drug-likeness (QED) is 0.727. The second kappa shape index (κ2) is 5.81. The normalized spacial score (nSPS) is 20.8. The maximum absolute atomic E-state index is 13.0. The summed E-state index contributed by atoms with van der Waals surface area (Å²) in [4.78, 5) is 32.4. The molecule has 1 fully saturated rings. The fraction of sp³-hybridized carbons (Fsp3) is 0.238. The summed E-state index contributed by atoms with van der Waals surface area (Å²) >= 11 is 0. The molecule has 1 N–H and O–H groups in total.